The lowest BCUT2D eigenvalue weighted by atomic mass is 10.9. The predicted octanol–water partition coefficient (Wildman–Crippen LogP) is 1.26. The van der Waals surface area contributed by atoms with Crippen molar-refractivity contribution >= 4 is 21.9 Å². The predicted molar refractivity (Wildman–Crippen MR) is 37.9 cm³/mol. The van der Waals surface area contributed by atoms with Gasteiger partial charge in [0.05, 0.1) is 18.2 Å². The Labute approximate surface area is 62.0 Å². The maximum absolute atomic E-state index is 5.01. The molecule has 5 heteroatoms. The van der Waals surface area contributed by atoms with E-state index < -0.39 is 0 Å². The van der Waals surface area contributed by atoms with Gasteiger partial charge < -0.3 is 13.7 Å². The lowest BCUT2D eigenvalue weighted by Crippen LogP contribution is -1.89. The van der Waals surface area contributed by atoms with Gasteiger partial charge in [0.15, 0.2) is 11.7 Å². The standard InChI is InChI=1S/C4H8O3S2/c1-5-3-4(7-3)8-9-6-2/h3-4H,1-2H3. The van der Waals surface area contributed by atoms with Crippen LogP contribution in [0.1, 0.15) is 0 Å². The Morgan fingerprint density at radius 1 is 1.44 bits per heavy atom. The topological polar surface area (TPSA) is 31.0 Å². The molecule has 2 unspecified atom stereocenters. The molecule has 0 aromatic rings. The number of hydrogen-bond donors (Lipinski definition) is 0. The van der Waals surface area contributed by atoms with Gasteiger partial charge in [0.1, 0.15) is 0 Å². The largest absolute Gasteiger partial charge is 0.352 e. The molecule has 1 saturated heterocycles. The minimum Gasteiger partial charge on any atom is -0.352 e. The first-order valence-corrected chi connectivity index (χ1v) is 4.56. The van der Waals surface area contributed by atoms with Crippen LogP contribution < -0.4 is 0 Å². The fourth-order valence-corrected chi connectivity index (χ4v) is 1.79. The van der Waals surface area contributed by atoms with Crippen molar-refractivity contribution in [2.24, 2.45) is 0 Å². The van der Waals surface area contributed by atoms with E-state index in [0.29, 0.717) is 0 Å². The second kappa shape index (κ2) is 3.68. The normalized spacial score (nSPS) is 32.7. The number of methoxy groups -OCH3 is 1. The van der Waals surface area contributed by atoms with Crippen LogP contribution in [0.15, 0.2) is 0 Å². The molecule has 1 aliphatic rings. The first-order chi connectivity index (χ1) is 4.38. The van der Waals surface area contributed by atoms with E-state index in [1.807, 2.05) is 0 Å². The number of ether oxygens (including phenoxy) is 2. The molecule has 2 atom stereocenters. The van der Waals surface area contributed by atoms with Gasteiger partial charge >= 0.3 is 0 Å². The van der Waals surface area contributed by atoms with E-state index in [1.165, 1.54) is 21.9 Å². The number of epoxide rings is 1. The zero-order valence-electron chi connectivity index (χ0n) is 5.20. The van der Waals surface area contributed by atoms with Crippen LogP contribution in [0.2, 0.25) is 0 Å². The molecule has 54 valence electrons. The van der Waals surface area contributed by atoms with Gasteiger partial charge in [0.25, 0.3) is 0 Å². The summed E-state index contributed by atoms with van der Waals surface area (Å²) in [6.45, 7) is 0. The Morgan fingerprint density at radius 3 is 2.67 bits per heavy atom. The van der Waals surface area contributed by atoms with Crippen molar-refractivity contribution in [3.05, 3.63) is 0 Å². The molecule has 1 heterocycles. The molecule has 0 aromatic heterocycles. The molecular formula is C4H8O3S2. The van der Waals surface area contributed by atoms with Gasteiger partial charge in [-0.3, -0.25) is 0 Å². The minimum absolute atomic E-state index is 0.0161. The van der Waals surface area contributed by atoms with Gasteiger partial charge in [-0.25, -0.2) is 0 Å². The molecule has 0 saturated carbocycles. The first kappa shape index (κ1) is 7.68. The molecule has 0 bridgehead atoms. The van der Waals surface area contributed by atoms with Crippen molar-refractivity contribution < 1.29 is 13.7 Å². The molecular weight excluding hydrogens is 160 g/mol. The average Bonchev–Trinajstić information content (AvgIpc) is 2.62. The van der Waals surface area contributed by atoms with Gasteiger partial charge in [-0.2, -0.15) is 0 Å². The SMILES string of the molecule is COSSC1OC1OC. The Balaban J connectivity index is 1.92. The van der Waals surface area contributed by atoms with Gasteiger partial charge in [-0.1, -0.05) is 0 Å². The van der Waals surface area contributed by atoms with Crippen molar-refractivity contribution in [3.63, 3.8) is 0 Å². The van der Waals surface area contributed by atoms with Crippen LogP contribution in [0.3, 0.4) is 0 Å². The molecule has 9 heavy (non-hydrogen) atoms. The number of hydrogen-bond acceptors (Lipinski definition) is 5. The van der Waals surface area contributed by atoms with Crippen molar-refractivity contribution in [1.29, 1.82) is 0 Å². The van der Waals surface area contributed by atoms with Gasteiger partial charge in [-0.05, 0) is 10.8 Å². The van der Waals surface area contributed by atoms with Crippen LogP contribution in [-0.4, -0.2) is 25.9 Å². The highest BCUT2D eigenvalue weighted by Gasteiger charge is 2.40. The molecule has 1 fully saturated rings. The van der Waals surface area contributed by atoms with E-state index >= 15 is 0 Å². The van der Waals surface area contributed by atoms with Crippen molar-refractivity contribution in [2.45, 2.75) is 11.7 Å². The van der Waals surface area contributed by atoms with Gasteiger partial charge in [-0.15, -0.1) is 0 Å². The molecule has 0 aliphatic carbocycles. The van der Waals surface area contributed by atoms with Crippen LogP contribution in [0.25, 0.3) is 0 Å². The minimum atomic E-state index is -0.0161. The average molecular weight is 168 g/mol. The lowest BCUT2D eigenvalue weighted by molar-refractivity contribution is 0.0950. The van der Waals surface area contributed by atoms with Crippen molar-refractivity contribution in [1.82, 2.24) is 0 Å². The van der Waals surface area contributed by atoms with Crippen molar-refractivity contribution in [3.8, 4) is 0 Å². The quantitative estimate of drug-likeness (QED) is 0.358. The third-order valence-electron chi connectivity index (χ3n) is 0.848. The summed E-state index contributed by atoms with van der Waals surface area (Å²) in [6, 6.07) is 0. The van der Waals surface area contributed by atoms with Crippen LogP contribution in [0.5, 0.6) is 0 Å². The van der Waals surface area contributed by atoms with E-state index in [2.05, 4.69) is 0 Å². The summed E-state index contributed by atoms with van der Waals surface area (Å²) < 4.78 is 14.6. The summed E-state index contributed by atoms with van der Waals surface area (Å²) >= 11 is 1.31. The smallest absolute Gasteiger partial charge is 0.195 e. The summed E-state index contributed by atoms with van der Waals surface area (Å²) in [5.74, 6) is 0. The van der Waals surface area contributed by atoms with Gasteiger partial charge in [0, 0.05) is 7.11 Å². The van der Waals surface area contributed by atoms with E-state index in [0.717, 1.165) is 0 Å². The summed E-state index contributed by atoms with van der Waals surface area (Å²) in [6.07, 6.45) is -0.0161. The molecule has 0 aromatic carbocycles. The van der Waals surface area contributed by atoms with Crippen LogP contribution in [-0.2, 0) is 13.7 Å². The maximum atomic E-state index is 5.01. The maximum Gasteiger partial charge on any atom is 0.195 e. The third-order valence-corrected chi connectivity index (χ3v) is 2.80. The third kappa shape index (κ3) is 2.35. The van der Waals surface area contributed by atoms with Crippen molar-refractivity contribution in [2.75, 3.05) is 14.2 Å². The second-order valence-electron chi connectivity index (χ2n) is 1.44. The van der Waals surface area contributed by atoms with E-state index in [9.17, 15) is 0 Å². The highest BCUT2D eigenvalue weighted by atomic mass is 33.1. The first-order valence-electron chi connectivity index (χ1n) is 2.43. The second-order valence-corrected chi connectivity index (χ2v) is 3.55. The molecule has 1 rings (SSSR count). The molecule has 1 aliphatic heterocycles. The molecule has 0 amide bonds. The summed E-state index contributed by atoms with van der Waals surface area (Å²) in [5, 5.41) is 0. The number of rotatable bonds is 4. The fourth-order valence-electron chi connectivity index (χ4n) is 0.400. The highest BCUT2D eigenvalue weighted by Crippen LogP contribution is 2.40. The van der Waals surface area contributed by atoms with E-state index in [1.54, 1.807) is 14.2 Å². The Kier molecular flexibility index (Phi) is 3.14. The van der Waals surface area contributed by atoms with Crippen LogP contribution in [0, 0.1) is 0 Å². The highest BCUT2D eigenvalue weighted by molar-refractivity contribution is 8.75. The monoisotopic (exact) mass is 168 g/mol. The van der Waals surface area contributed by atoms with E-state index in [-0.39, 0.29) is 11.7 Å². The summed E-state index contributed by atoms with van der Waals surface area (Å²) in [4.78, 5) is 0. The van der Waals surface area contributed by atoms with Gasteiger partial charge in [0.2, 0.25) is 0 Å². The lowest BCUT2D eigenvalue weighted by Gasteiger charge is -1.89. The molecule has 0 N–H and O–H groups in total. The van der Waals surface area contributed by atoms with E-state index in [4.69, 9.17) is 13.7 Å². The molecule has 0 radical (unpaired) electrons. The Morgan fingerprint density at radius 2 is 2.22 bits per heavy atom. The zero-order chi connectivity index (χ0) is 6.69. The fraction of sp³-hybridized carbons (Fsp3) is 1.00. The summed E-state index contributed by atoms with van der Waals surface area (Å²) in [7, 11) is 4.78. The Bertz CT molecular complexity index is 89.9. The Hall–Kier alpha value is 0.580. The zero-order valence-corrected chi connectivity index (χ0v) is 6.83. The summed E-state index contributed by atoms with van der Waals surface area (Å²) in [5.41, 5.74) is 0.167. The van der Waals surface area contributed by atoms with Crippen LogP contribution >= 0.6 is 21.9 Å². The van der Waals surface area contributed by atoms with Crippen LogP contribution in [0.4, 0.5) is 0 Å². The molecule has 3 nitrogen and oxygen atoms in total. The molecule has 0 spiro atoms.